The quantitative estimate of drug-likeness (QED) is 0.760. The van der Waals surface area contributed by atoms with Crippen LogP contribution < -0.4 is 0 Å². The van der Waals surface area contributed by atoms with E-state index in [4.69, 9.17) is 10.7 Å². The number of halogens is 1. The van der Waals surface area contributed by atoms with Crippen LogP contribution in [0, 0.1) is 0 Å². The van der Waals surface area contributed by atoms with E-state index in [1.807, 2.05) is 0 Å². The van der Waals surface area contributed by atoms with Crippen molar-refractivity contribution < 1.29 is 12.6 Å². The van der Waals surface area contributed by atoms with E-state index in [0.717, 1.165) is 0 Å². The van der Waals surface area contributed by atoms with Crippen molar-refractivity contribution in [1.29, 1.82) is 0 Å². The van der Waals surface area contributed by atoms with E-state index in [1.54, 1.807) is 20.2 Å². The highest BCUT2D eigenvalue weighted by molar-refractivity contribution is 8.17. The molecule has 0 unspecified atom stereocenters. The standard InChI is InChI=1S/C6H10ClN3O3S2/c1-3-14(11,9-15(7,12)13)6-8-4-5-10(6)2/h4-5H,3H2,1-2H3/t14-/m1/s1. The molecule has 9 heteroatoms. The lowest BCUT2D eigenvalue weighted by molar-refractivity contribution is 0.610. The van der Waals surface area contributed by atoms with E-state index in [1.165, 1.54) is 10.8 Å². The second-order valence-corrected chi connectivity index (χ2v) is 7.55. The van der Waals surface area contributed by atoms with Gasteiger partial charge in [0.15, 0.2) is 0 Å². The molecule has 6 nitrogen and oxygen atoms in total. The lowest BCUT2D eigenvalue weighted by Gasteiger charge is -2.05. The summed E-state index contributed by atoms with van der Waals surface area (Å²) in [5.74, 6) is 0.0316. The Bertz CT molecular complexity index is 568. The topological polar surface area (TPSA) is 81.4 Å². The van der Waals surface area contributed by atoms with Crippen molar-refractivity contribution >= 4 is 29.6 Å². The summed E-state index contributed by atoms with van der Waals surface area (Å²) in [6.07, 6.45) is 2.97. The smallest absolute Gasteiger partial charge is 0.326 e. The van der Waals surface area contributed by atoms with Crippen molar-refractivity contribution in [2.75, 3.05) is 5.75 Å². The monoisotopic (exact) mass is 271 g/mol. The van der Waals surface area contributed by atoms with E-state index in [0.29, 0.717) is 0 Å². The molecule has 0 aliphatic heterocycles. The summed E-state index contributed by atoms with van der Waals surface area (Å²) in [4.78, 5) is 3.81. The lowest BCUT2D eigenvalue weighted by Crippen LogP contribution is -2.11. The minimum atomic E-state index is -4.17. The molecule has 0 fully saturated rings. The largest absolute Gasteiger partial charge is 0.347 e. The summed E-state index contributed by atoms with van der Waals surface area (Å²) in [5.41, 5.74) is 0. The molecule has 1 atom stereocenters. The van der Waals surface area contributed by atoms with E-state index >= 15 is 0 Å². The molecule has 1 aromatic heterocycles. The molecular formula is C6H10ClN3O3S2. The zero-order valence-corrected chi connectivity index (χ0v) is 10.5. The molecule has 86 valence electrons. The second-order valence-electron chi connectivity index (χ2n) is 2.74. The highest BCUT2D eigenvalue weighted by Crippen LogP contribution is 2.14. The van der Waals surface area contributed by atoms with Crippen LogP contribution in [0.15, 0.2) is 21.3 Å². The van der Waals surface area contributed by atoms with Crippen LogP contribution >= 0.6 is 10.7 Å². The second kappa shape index (κ2) is 4.11. The van der Waals surface area contributed by atoms with Gasteiger partial charge in [-0.1, -0.05) is 10.7 Å². The third-order valence-electron chi connectivity index (χ3n) is 1.66. The fourth-order valence-electron chi connectivity index (χ4n) is 1.02. The lowest BCUT2D eigenvalue weighted by atomic mass is 10.9. The molecule has 0 aliphatic rings. The first-order valence-corrected chi connectivity index (χ1v) is 7.91. The van der Waals surface area contributed by atoms with E-state index < -0.39 is 19.0 Å². The molecule has 0 N–H and O–H groups in total. The molecule has 0 saturated heterocycles. The summed E-state index contributed by atoms with van der Waals surface area (Å²) in [7, 11) is -0.702. The third kappa shape index (κ3) is 2.93. The summed E-state index contributed by atoms with van der Waals surface area (Å²) in [6, 6.07) is 0. The fraction of sp³-hybridized carbons (Fsp3) is 0.500. The van der Waals surface area contributed by atoms with Crippen LogP contribution in [-0.4, -0.2) is 27.9 Å². The van der Waals surface area contributed by atoms with Crippen molar-refractivity contribution in [3.8, 4) is 0 Å². The van der Waals surface area contributed by atoms with Gasteiger partial charge >= 0.3 is 9.24 Å². The molecule has 0 spiro atoms. The maximum Gasteiger partial charge on any atom is 0.347 e. The van der Waals surface area contributed by atoms with Gasteiger partial charge in [-0.25, -0.2) is 9.19 Å². The van der Waals surface area contributed by atoms with Crippen LogP contribution in [0.5, 0.6) is 0 Å². The van der Waals surface area contributed by atoms with Crippen LogP contribution in [0.2, 0.25) is 0 Å². The van der Waals surface area contributed by atoms with Crippen LogP contribution in [0.4, 0.5) is 0 Å². The van der Waals surface area contributed by atoms with Crippen LogP contribution in [0.25, 0.3) is 0 Å². The van der Waals surface area contributed by atoms with E-state index in [2.05, 4.69) is 8.75 Å². The van der Waals surface area contributed by atoms with Crippen molar-refractivity contribution in [1.82, 2.24) is 9.55 Å². The maximum atomic E-state index is 12.1. The van der Waals surface area contributed by atoms with Crippen molar-refractivity contribution in [3.63, 3.8) is 0 Å². The SMILES string of the molecule is CC[S@](=O)(=NS(=O)(=O)Cl)c1nccn1C. The van der Waals surface area contributed by atoms with Crippen molar-refractivity contribution in [2.45, 2.75) is 12.1 Å². The molecule has 15 heavy (non-hydrogen) atoms. The molecule has 0 radical (unpaired) electrons. The van der Waals surface area contributed by atoms with Gasteiger partial charge < -0.3 is 4.57 Å². The predicted octanol–water partition coefficient (Wildman–Crippen LogP) is 0.751. The van der Waals surface area contributed by atoms with Crippen LogP contribution in [0.3, 0.4) is 0 Å². The van der Waals surface area contributed by atoms with Gasteiger partial charge in [-0.2, -0.15) is 8.42 Å². The average molecular weight is 272 g/mol. The minimum Gasteiger partial charge on any atom is -0.326 e. The molecule has 0 bridgehead atoms. The Morgan fingerprint density at radius 1 is 1.53 bits per heavy atom. The first-order valence-electron chi connectivity index (χ1n) is 3.96. The normalized spacial score (nSPS) is 15.9. The molecule has 0 aromatic carbocycles. The first-order chi connectivity index (χ1) is 6.78. The maximum absolute atomic E-state index is 12.1. The molecule has 0 amide bonds. The van der Waals surface area contributed by atoms with E-state index in [-0.39, 0.29) is 10.9 Å². The minimum absolute atomic E-state index is 0.0316. The molecule has 0 aliphatic carbocycles. The first kappa shape index (κ1) is 12.5. The number of aromatic nitrogens is 2. The van der Waals surface area contributed by atoms with Crippen LogP contribution in [-0.2, 0) is 26.0 Å². The zero-order chi connectivity index (χ0) is 11.7. The van der Waals surface area contributed by atoms with Crippen LogP contribution in [0.1, 0.15) is 6.92 Å². The summed E-state index contributed by atoms with van der Waals surface area (Å²) >= 11 is 0. The number of nitrogens with zero attached hydrogens (tertiary/aromatic N) is 3. The number of rotatable bonds is 3. The van der Waals surface area contributed by atoms with Gasteiger partial charge in [-0.3, -0.25) is 0 Å². The van der Waals surface area contributed by atoms with Gasteiger partial charge in [-0.15, -0.1) is 0 Å². The van der Waals surface area contributed by atoms with Gasteiger partial charge in [0.2, 0.25) is 5.16 Å². The average Bonchev–Trinajstić information content (AvgIpc) is 2.48. The van der Waals surface area contributed by atoms with Gasteiger partial charge in [-0.05, 0) is 0 Å². The van der Waals surface area contributed by atoms with Gasteiger partial charge in [0.25, 0.3) is 0 Å². The molecule has 1 rings (SSSR count). The Hall–Kier alpha value is -0.600. The Balaban J connectivity index is 3.51. The third-order valence-corrected chi connectivity index (χ3v) is 5.59. The molecular weight excluding hydrogens is 262 g/mol. The zero-order valence-electron chi connectivity index (χ0n) is 8.12. The number of hydrogen-bond donors (Lipinski definition) is 0. The van der Waals surface area contributed by atoms with Crippen molar-refractivity contribution in [3.05, 3.63) is 12.4 Å². The predicted molar refractivity (Wildman–Crippen MR) is 57.4 cm³/mol. The Morgan fingerprint density at radius 3 is 2.47 bits per heavy atom. The highest BCUT2D eigenvalue weighted by Gasteiger charge is 2.19. The fourth-order valence-corrected chi connectivity index (χ4v) is 4.67. The van der Waals surface area contributed by atoms with Crippen molar-refractivity contribution in [2.24, 2.45) is 10.8 Å². The van der Waals surface area contributed by atoms with Gasteiger partial charge in [0, 0.05) is 35.9 Å². The van der Waals surface area contributed by atoms with Gasteiger partial charge in [0.05, 0.1) is 0 Å². The number of imidazole rings is 1. The summed E-state index contributed by atoms with van der Waals surface area (Å²) in [5, 5.41) is 0.106. The molecule has 1 aromatic rings. The molecule has 1 heterocycles. The molecule has 0 saturated carbocycles. The van der Waals surface area contributed by atoms with E-state index in [9.17, 15) is 12.6 Å². The number of aryl methyl sites for hydroxylation is 1. The highest BCUT2D eigenvalue weighted by atomic mass is 35.7. The Kier molecular flexibility index (Phi) is 3.41. The summed E-state index contributed by atoms with van der Waals surface area (Å²) < 4.78 is 38.3. The van der Waals surface area contributed by atoms with Gasteiger partial charge in [0.1, 0.15) is 9.73 Å². The number of hydrogen-bond acceptors (Lipinski definition) is 4. The Morgan fingerprint density at radius 2 is 2.13 bits per heavy atom. The Labute approximate surface area is 93.0 Å². The summed E-state index contributed by atoms with van der Waals surface area (Å²) in [6.45, 7) is 1.56.